The van der Waals surface area contributed by atoms with Gasteiger partial charge in [0.1, 0.15) is 13.2 Å². The quantitative estimate of drug-likeness (QED) is 0.382. The van der Waals surface area contributed by atoms with Crippen LogP contribution in [-0.2, 0) is 19.2 Å². The first kappa shape index (κ1) is 10.4. The zero-order chi connectivity index (χ0) is 9.64. The Kier molecular flexibility index (Phi) is 4.19. The summed E-state index contributed by atoms with van der Waals surface area (Å²) in [5.41, 5.74) is 0. The van der Waals surface area contributed by atoms with Crippen LogP contribution in [0.2, 0.25) is 0 Å². The minimum absolute atomic E-state index is 0.236. The molecule has 2 aliphatic rings. The van der Waals surface area contributed by atoms with Crippen molar-refractivity contribution in [1.82, 2.24) is 0 Å². The van der Waals surface area contributed by atoms with Crippen LogP contribution in [0.25, 0.3) is 0 Å². The fraction of sp³-hybridized carbons (Fsp3) is 1.00. The van der Waals surface area contributed by atoms with Crippen molar-refractivity contribution in [3.8, 4) is 0 Å². The van der Waals surface area contributed by atoms with Crippen LogP contribution in [0.1, 0.15) is 25.7 Å². The molecular weight excluding hydrogens is 184 g/mol. The average Bonchev–Trinajstić information content (AvgIpc) is 2.86. The number of hydrogen-bond donors (Lipinski definition) is 0. The van der Waals surface area contributed by atoms with Crippen molar-refractivity contribution in [3.05, 3.63) is 0 Å². The van der Waals surface area contributed by atoms with Gasteiger partial charge < -0.3 is 9.47 Å². The van der Waals surface area contributed by atoms with Gasteiger partial charge in [0.05, 0.1) is 12.2 Å². The third-order valence-corrected chi connectivity index (χ3v) is 2.64. The molecule has 0 aromatic rings. The van der Waals surface area contributed by atoms with E-state index in [0.717, 1.165) is 38.9 Å². The highest BCUT2D eigenvalue weighted by Gasteiger charge is 2.18. The molecule has 0 aromatic carbocycles. The molecule has 4 heteroatoms. The van der Waals surface area contributed by atoms with Gasteiger partial charge in [-0.2, -0.15) is 0 Å². The molecule has 2 aliphatic heterocycles. The molecule has 2 fully saturated rings. The van der Waals surface area contributed by atoms with E-state index in [9.17, 15) is 0 Å². The maximum Gasteiger partial charge on any atom is 0.108 e. The van der Waals surface area contributed by atoms with Crippen LogP contribution in [0.5, 0.6) is 0 Å². The Bertz CT molecular complexity index is 132. The van der Waals surface area contributed by atoms with Crippen molar-refractivity contribution in [2.24, 2.45) is 0 Å². The topological polar surface area (TPSA) is 36.9 Å². The Hall–Kier alpha value is -0.160. The summed E-state index contributed by atoms with van der Waals surface area (Å²) >= 11 is 0. The van der Waals surface area contributed by atoms with E-state index in [-0.39, 0.29) is 12.2 Å². The third-order valence-electron chi connectivity index (χ3n) is 2.64. The number of ether oxygens (including phenoxy) is 2. The molecule has 0 aromatic heterocycles. The van der Waals surface area contributed by atoms with Crippen LogP contribution in [0.3, 0.4) is 0 Å². The van der Waals surface area contributed by atoms with Gasteiger partial charge in [0.15, 0.2) is 0 Å². The molecule has 2 saturated heterocycles. The standard InChI is InChI=1S/C10H18O4/c1-3-9(11-5-1)7-13-14-8-10-4-2-6-12-10/h9-10H,1-8H2. The normalized spacial score (nSPS) is 32.6. The van der Waals surface area contributed by atoms with Gasteiger partial charge in [0.25, 0.3) is 0 Å². The maximum atomic E-state index is 5.39. The van der Waals surface area contributed by atoms with E-state index >= 15 is 0 Å². The summed E-state index contributed by atoms with van der Waals surface area (Å²) in [6, 6.07) is 0. The highest BCUT2D eigenvalue weighted by Crippen LogP contribution is 2.14. The van der Waals surface area contributed by atoms with E-state index in [1.165, 1.54) is 0 Å². The van der Waals surface area contributed by atoms with Crippen LogP contribution in [-0.4, -0.2) is 38.6 Å². The van der Waals surface area contributed by atoms with Crippen molar-refractivity contribution >= 4 is 0 Å². The number of hydrogen-bond acceptors (Lipinski definition) is 4. The van der Waals surface area contributed by atoms with Crippen LogP contribution >= 0.6 is 0 Å². The largest absolute Gasteiger partial charge is 0.376 e. The van der Waals surface area contributed by atoms with Crippen LogP contribution in [0.4, 0.5) is 0 Å². The Morgan fingerprint density at radius 2 is 1.36 bits per heavy atom. The minimum atomic E-state index is 0.236. The second kappa shape index (κ2) is 5.66. The summed E-state index contributed by atoms with van der Waals surface area (Å²) in [4.78, 5) is 10.1. The molecule has 14 heavy (non-hydrogen) atoms. The lowest BCUT2D eigenvalue weighted by atomic mass is 10.2. The molecule has 4 nitrogen and oxygen atoms in total. The summed E-state index contributed by atoms with van der Waals surface area (Å²) in [6.45, 7) is 2.82. The monoisotopic (exact) mass is 202 g/mol. The van der Waals surface area contributed by atoms with Gasteiger partial charge in [-0.3, -0.25) is 0 Å². The predicted molar refractivity (Wildman–Crippen MR) is 49.9 cm³/mol. The van der Waals surface area contributed by atoms with E-state index in [0.29, 0.717) is 13.2 Å². The first-order chi connectivity index (χ1) is 6.95. The zero-order valence-corrected chi connectivity index (χ0v) is 8.44. The average molecular weight is 202 g/mol. The lowest BCUT2D eigenvalue weighted by molar-refractivity contribution is -0.314. The fourth-order valence-corrected chi connectivity index (χ4v) is 1.80. The van der Waals surface area contributed by atoms with Crippen molar-refractivity contribution in [3.63, 3.8) is 0 Å². The summed E-state index contributed by atoms with van der Waals surface area (Å²) in [5, 5.41) is 0. The molecule has 2 rings (SSSR count). The summed E-state index contributed by atoms with van der Waals surface area (Å²) in [7, 11) is 0. The van der Waals surface area contributed by atoms with E-state index in [4.69, 9.17) is 19.2 Å². The van der Waals surface area contributed by atoms with Crippen LogP contribution in [0.15, 0.2) is 0 Å². The number of rotatable bonds is 5. The molecule has 0 bridgehead atoms. The van der Waals surface area contributed by atoms with Crippen LogP contribution in [0, 0.1) is 0 Å². The lowest BCUT2D eigenvalue weighted by Gasteiger charge is -2.11. The minimum Gasteiger partial charge on any atom is -0.376 e. The highest BCUT2D eigenvalue weighted by atomic mass is 17.2. The van der Waals surface area contributed by atoms with Crippen molar-refractivity contribution in [2.75, 3.05) is 26.4 Å². The SMILES string of the molecule is C1COC(COOCC2CCCO2)C1. The molecule has 0 amide bonds. The fourth-order valence-electron chi connectivity index (χ4n) is 1.80. The summed E-state index contributed by atoms with van der Waals surface area (Å²) in [5.74, 6) is 0. The molecular formula is C10H18O4. The second-order valence-corrected chi connectivity index (χ2v) is 3.84. The predicted octanol–water partition coefficient (Wildman–Crippen LogP) is 1.29. The summed E-state index contributed by atoms with van der Waals surface area (Å²) in [6.07, 6.45) is 4.92. The molecule has 0 radical (unpaired) electrons. The van der Waals surface area contributed by atoms with Crippen molar-refractivity contribution < 1.29 is 19.2 Å². The van der Waals surface area contributed by atoms with E-state index in [2.05, 4.69) is 0 Å². The van der Waals surface area contributed by atoms with Gasteiger partial charge in [-0.05, 0) is 25.7 Å². The first-order valence-corrected chi connectivity index (χ1v) is 5.43. The Morgan fingerprint density at radius 3 is 1.71 bits per heavy atom. The molecule has 0 spiro atoms. The van der Waals surface area contributed by atoms with Gasteiger partial charge in [-0.25, -0.2) is 9.78 Å². The van der Waals surface area contributed by atoms with Gasteiger partial charge in [-0.15, -0.1) is 0 Å². The third kappa shape index (κ3) is 3.20. The molecule has 2 unspecified atom stereocenters. The molecule has 2 heterocycles. The summed E-state index contributed by atoms with van der Waals surface area (Å²) < 4.78 is 10.8. The molecule has 0 aliphatic carbocycles. The van der Waals surface area contributed by atoms with Gasteiger partial charge in [0.2, 0.25) is 0 Å². The van der Waals surface area contributed by atoms with Crippen molar-refractivity contribution in [1.29, 1.82) is 0 Å². The Balaban J connectivity index is 1.46. The van der Waals surface area contributed by atoms with Crippen molar-refractivity contribution in [2.45, 2.75) is 37.9 Å². The van der Waals surface area contributed by atoms with E-state index < -0.39 is 0 Å². The zero-order valence-electron chi connectivity index (χ0n) is 8.44. The van der Waals surface area contributed by atoms with Gasteiger partial charge >= 0.3 is 0 Å². The molecule has 0 N–H and O–H groups in total. The Morgan fingerprint density at radius 1 is 0.857 bits per heavy atom. The highest BCUT2D eigenvalue weighted by molar-refractivity contribution is 4.63. The smallest absolute Gasteiger partial charge is 0.108 e. The molecule has 82 valence electrons. The van der Waals surface area contributed by atoms with E-state index in [1.54, 1.807) is 0 Å². The molecule has 0 saturated carbocycles. The van der Waals surface area contributed by atoms with E-state index in [1.807, 2.05) is 0 Å². The second-order valence-electron chi connectivity index (χ2n) is 3.84. The molecule has 2 atom stereocenters. The van der Waals surface area contributed by atoms with Crippen LogP contribution < -0.4 is 0 Å². The lowest BCUT2D eigenvalue weighted by Crippen LogP contribution is -2.18. The first-order valence-electron chi connectivity index (χ1n) is 5.43. The Labute approximate surface area is 84.4 Å². The maximum absolute atomic E-state index is 5.39. The van der Waals surface area contributed by atoms with Gasteiger partial charge in [-0.1, -0.05) is 0 Å². The van der Waals surface area contributed by atoms with Gasteiger partial charge in [0, 0.05) is 13.2 Å².